The SMILES string of the molecule is COc1cc(N)c(Cl)cc1Nc1nccc(-c2cnc3c(c2)CCN3)n1. The molecule has 0 spiro atoms. The smallest absolute Gasteiger partial charge is 0.227 e. The predicted octanol–water partition coefficient (Wildman–Crippen LogP) is 3.49. The molecule has 26 heavy (non-hydrogen) atoms. The second-order valence-electron chi connectivity index (χ2n) is 5.87. The number of anilines is 4. The lowest BCUT2D eigenvalue weighted by Crippen LogP contribution is -2.01. The summed E-state index contributed by atoms with van der Waals surface area (Å²) < 4.78 is 5.35. The summed E-state index contributed by atoms with van der Waals surface area (Å²) in [4.78, 5) is 13.3. The lowest BCUT2D eigenvalue weighted by molar-refractivity contribution is 0.417. The second-order valence-corrected chi connectivity index (χ2v) is 6.28. The van der Waals surface area contributed by atoms with Crippen LogP contribution in [0.5, 0.6) is 5.75 Å². The number of pyridine rings is 1. The Morgan fingerprint density at radius 1 is 1.27 bits per heavy atom. The van der Waals surface area contributed by atoms with Crippen LogP contribution in [0.25, 0.3) is 11.3 Å². The summed E-state index contributed by atoms with van der Waals surface area (Å²) in [6, 6.07) is 7.31. The standard InChI is InChI=1S/C18H17ClN6O/c1-26-16-8-13(20)12(19)7-15(16)25-18-22-5-3-14(24-18)11-6-10-2-4-21-17(10)23-9-11/h3,5-9H,2,4,20H2,1H3,(H,21,23)(H,22,24,25). The zero-order valence-electron chi connectivity index (χ0n) is 14.1. The summed E-state index contributed by atoms with van der Waals surface area (Å²) in [5.74, 6) is 1.94. The number of methoxy groups -OCH3 is 1. The van der Waals surface area contributed by atoms with E-state index in [1.807, 2.05) is 12.3 Å². The van der Waals surface area contributed by atoms with Crippen molar-refractivity contribution in [1.29, 1.82) is 0 Å². The minimum atomic E-state index is 0.430. The summed E-state index contributed by atoms with van der Waals surface area (Å²) in [6.45, 7) is 0.917. The number of aromatic nitrogens is 3. The van der Waals surface area contributed by atoms with Crippen LogP contribution < -0.4 is 21.1 Å². The third-order valence-electron chi connectivity index (χ3n) is 4.17. The van der Waals surface area contributed by atoms with Crippen molar-refractivity contribution in [1.82, 2.24) is 15.0 Å². The third kappa shape index (κ3) is 3.09. The first kappa shape index (κ1) is 16.4. The van der Waals surface area contributed by atoms with Crippen LogP contribution in [0, 0.1) is 0 Å². The molecular formula is C18H17ClN6O. The predicted molar refractivity (Wildman–Crippen MR) is 103 cm³/mol. The Balaban J connectivity index is 1.66. The van der Waals surface area contributed by atoms with E-state index in [4.69, 9.17) is 22.1 Å². The van der Waals surface area contributed by atoms with Gasteiger partial charge in [0.2, 0.25) is 5.95 Å². The Morgan fingerprint density at radius 3 is 3.00 bits per heavy atom. The Morgan fingerprint density at radius 2 is 2.15 bits per heavy atom. The Bertz CT molecular complexity index is 978. The number of halogens is 1. The van der Waals surface area contributed by atoms with Crippen molar-refractivity contribution >= 4 is 34.7 Å². The van der Waals surface area contributed by atoms with Crippen molar-refractivity contribution < 1.29 is 4.74 Å². The Hall–Kier alpha value is -3.06. The van der Waals surface area contributed by atoms with Gasteiger partial charge >= 0.3 is 0 Å². The fraction of sp³-hybridized carbons (Fsp3) is 0.167. The monoisotopic (exact) mass is 368 g/mol. The van der Waals surface area contributed by atoms with Crippen molar-refractivity contribution in [3.05, 3.63) is 47.2 Å². The number of nitrogens with zero attached hydrogens (tertiary/aromatic N) is 3. The molecule has 1 aliphatic heterocycles. The third-order valence-corrected chi connectivity index (χ3v) is 4.50. The van der Waals surface area contributed by atoms with Gasteiger partial charge in [-0.25, -0.2) is 15.0 Å². The highest BCUT2D eigenvalue weighted by Crippen LogP contribution is 2.34. The summed E-state index contributed by atoms with van der Waals surface area (Å²) in [5.41, 5.74) is 9.83. The van der Waals surface area contributed by atoms with E-state index in [1.165, 1.54) is 5.56 Å². The number of ether oxygens (including phenoxy) is 1. The average molecular weight is 369 g/mol. The van der Waals surface area contributed by atoms with Crippen LogP contribution in [0.3, 0.4) is 0 Å². The molecule has 132 valence electrons. The topological polar surface area (TPSA) is 98.0 Å². The molecule has 0 saturated heterocycles. The Kier molecular flexibility index (Phi) is 4.22. The summed E-state index contributed by atoms with van der Waals surface area (Å²) >= 11 is 6.11. The molecule has 4 N–H and O–H groups in total. The number of fused-ring (bicyclic) bond motifs is 1. The van der Waals surface area contributed by atoms with E-state index in [9.17, 15) is 0 Å². The maximum Gasteiger partial charge on any atom is 0.227 e. The maximum atomic E-state index is 6.11. The number of benzene rings is 1. The molecule has 3 heterocycles. The molecule has 8 heteroatoms. The highest BCUT2D eigenvalue weighted by atomic mass is 35.5. The zero-order valence-corrected chi connectivity index (χ0v) is 14.8. The summed E-state index contributed by atoms with van der Waals surface area (Å²) in [7, 11) is 1.56. The fourth-order valence-electron chi connectivity index (χ4n) is 2.85. The van der Waals surface area contributed by atoms with Gasteiger partial charge in [0.1, 0.15) is 11.6 Å². The van der Waals surface area contributed by atoms with Crippen molar-refractivity contribution in [2.75, 3.05) is 30.0 Å². The van der Waals surface area contributed by atoms with Crippen LogP contribution in [-0.2, 0) is 6.42 Å². The largest absolute Gasteiger partial charge is 0.494 e. The highest BCUT2D eigenvalue weighted by Gasteiger charge is 2.14. The van der Waals surface area contributed by atoms with Gasteiger partial charge in [-0.15, -0.1) is 0 Å². The number of nitrogens with two attached hydrogens (primary N) is 1. The van der Waals surface area contributed by atoms with Crippen molar-refractivity contribution in [2.45, 2.75) is 6.42 Å². The zero-order chi connectivity index (χ0) is 18.1. The summed E-state index contributed by atoms with van der Waals surface area (Å²) in [5, 5.41) is 6.82. The van der Waals surface area contributed by atoms with E-state index >= 15 is 0 Å². The van der Waals surface area contributed by atoms with Crippen LogP contribution >= 0.6 is 11.6 Å². The van der Waals surface area contributed by atoms with Gasteiger partial charge < -0.3 is 21.1 Å². The molecule has 0 fully saturated rings. The van der Waals surface area contributed by atoms with Gasteiger partial charge in [0.15, 0.2) is 0 Å². The van der Waals surface area contributed by atoms with Crippen molar-refractivity contribution in [2.24, 2.45) is 0 Å². The van der Waals surface area contributed by atoms with Gasteiger partial charge in [0, 0.05) is 30.6 Å². The van der Waals surface area contributed by atoms with E-state index < -0.39 is 0 Å². The van der Waals surface area contributed by atoms with Crippen LogP contribution in [0.15, 0.2) is 36.7 Å². The van der Waals surface area contributed by atoms with Gasteiger partial charge in [-0.1, -0.05) is 11.6 Å². The van der Waals surface area contributed by atoms with E-state index in [0.29, 0.717) is 28.1 Å². The molecule has 0 atom stereocenters. The van der Waals surface area contributed by atoms with E-state index in [1.54, 1.807) is 25.4 Å². The van der Waals surface area contributed by atoms with Crippen LogP contribution in [0.4, 0.5) is 23.1 Å². The van der Waals surface area contributed by atoms with Crippen molar-refractivity contribution in [3.8, 4) is 17.0 Å². The molecule has 1 aromatic carbocycles. The van der Waals surface area contributed by atoms with Gasteiger partial charge in [-0.2, -0.15) is 0 Å². The molecule has 2 aromatic heterocycles. The molecule has 0 bridgehead atoms. The molecule has 4 rings (SSSR count). The number of nitrogens with one attached hydrogen (secondary N) is 2. The van der Waals surface area contributed by atoms with Crippen LogP contribution in [0.2, 0.25) is 5.02 Å². The number of hydrogen-bond acceptors (Lipinski definition) is 7. The molecule has 1 aliphatic rings. The minimum absolute atomic E-state index is 0.430. The molecule has 0 amide bonds. The first-order valence-electron chi connectivity index (χ1n) is 8.10. The molecule has 0 aliphatic carbocycles. The molecule has 0 radical (unpaired) electrons. The second kappa shape index (κ2) is 6.68. The fourth-order valence-corrected chi connectivity index (χ4v) is 3.02. The average Bonchev–Trinajstić information content (AvgIpc) is 3.12. The number of rotatable bonds is 4. The van der Waals surface area contributed by atoms with Gasteiger partial charge in [0.05, 0.1) is 29.2 Å². The first-order chi connectivity index (χ1) is 12.6. The Labute approximate surface area is 155 Å². The lowest BCUT2D eigenvalue weighted by Gasteiger charge is -2.12. The molecule has 7 nitrogen and oxygen atoms in total. The number of nitrogen functional groups attached to an aromatic ring is 1. The highest BCUT2D eigenvalue weighted by molar-refractivity contribution is 6.33. The molecule has 0 saturated carbocycles. The van der Waals surface area contributed by atoms with Gasteiger partial charge in [-0.05, 0) is 30.2 Å². The van der Waals surface area contributed by atoms with Crippen LogP contribution in [-0.4, -0.2) is 28.6 Å². The van der Waals surface area contributed by atoms with E-state index in [0.717, 1.165) is 30.0 Å². The summed E-state index contributed by atoms with van der Waals surface area (Å²) in [6.07, 6.45) is 4.47. The van der Waals surface area contributed by atoms with Gasteiger partial charge in [-0.3, -0.25) is 0 Å². The molecular weight excluding hydrogens is 352 g/mol. The van der Waals surface area contributed by atoms with Gasteiger partial charge in [0.25, 0.3) is 0 Å². The number of hydrogen-bond donors (Lipinski definition) is 3. The lowest BCUT2D eigenvalue weighted by atomic mass is 10.1. The van der Waals surface area contributed by atoms with E-state index in [2.05, 4.69) is 31.7 Å². The first-order valence-corrected chi connectivity index (χ1v) is 8.48. The van der Waals surface area contributed by atoms with Crippen LogP contribution in [0.1, 0.15) is 5.56 Å². The minimum Gasteiger partial charge on any atom is -0.494 e. The molecule has 0 unspecified atom stereocenters. The normalized spacial score (nSPS) is 12.4. The van der Waals surface area contributed by atoms with Crippen molar-refractivity contribution in [3.63, 3.8) is 0 Å². The quantitative estimate of drug-likeness (QED) is 0.606. The molecule has 3 aromatic rings. The van der Waals surface area contributed by atoms with E-state index in [-0.39, 0.29) is 0 Å². The maximum absolute atomic E-state index is 6.11.